The molecule has 0 radical (unpaired) electrons. The van der Waals surface area contributed by atoms with Crippen molar-refractivity contribution in [2.75, 3.05) is 23.9 Å². The van der Waals surface area contributed by atoms with Gasteiger partial charge in [0.15, 0.2) is 11.3 Å². The molecule has 10 heteroatoms. The lowest BCUT2D eigenvalue weighted by atomic mass is 10.2. The normalized spacial score (nSPS) is 18.6. The molecule has 1 aromatic heterocycles. The molecule has 1 atom stereocenters. The number of hydrogen-bond acceptors (Lipinski definition) is 6. The van der Waals surface area contributed by atoms with E-state index >= 15 is 0 Å². The molecule has 32 heavy (non-hydrogen) atoms. The van der Waals surface area contributed by atoms with Crippen LogP contribution in [0.15, 0.2) is 45.8 Å². The van der Waals surface area contributed by atoms with E-state index in [2.05, 4.69) is 5.16 Å². The third kappa shape index (κ3) is 3.49. The van der Waals surface area contributed by atoms with Crippen LogP contribution in [-0.2, 0) is 10.0 Å². The van der Waals surface area contributed by atoms with Crippen LogP contribution in [-0.4, -0.2) is 50.1 Å². The highest BCUT2D eigenvalue weighted by Crippen LogP contribution is 2.39. The fourth-order valence-corrected chi connectivity index (χ4v) is 5.85. The molecular weight excluding hydrogens is 454 g/mol. The van der Waals surface area contributed by atoms with E-state index in [4.69, 9.17) is 20.9 Å². The van der Waals surface area contributed by atoms with E-state index in [1.807, 2.05) is 6.92 Å². The molecule has 3 heterocycles. The number of fused-ring (bicyclic) bond motifs is 2. The zero-order valence-corrected chi connectivity index (χ0v) is 19.0. The molecule has 1 saturated heterocycles. The highest BCUT2D eigenvalue weighted by molar-refractivity contribution is 7.92. The van der Waals surface area contributed by atoms with Gasteiger partial charge in [0.1, 0.15) is 11.9 Å². The molecule has 0 saturated carbocycles. The molecular formula is C22H22ClN3O5S. The summed E-state index contributed by atoms with van der Waals surface area (Å²) in [6, 6.07) is 9.40. The molecule has 168 valence electrons. The Bertz CT molecular complexity index is 1300. The number of rotatable bonds is 4. The van der Waals surface area contributed by atoms with E-state index in [0.717, 1.165) is 12.8 Å². The minimum absolute atomic E-state index is 0.0475. The number of ether oxygens (including phenoxy) is 1. The monoisotopic (exact) mass is 475 g/mol. The quantitative estimate of drug-likeness (QED) is 0.564. The van der Waals surface area contributed by atoms with Gasteiger partial charge in [0.05, 0.1) is 22.5 Å². The third-order valence-electron chi connectivity index (χ3n) is 5.93. The van der Waals surface area contributed by atoms with Crippen molar-refractivity contribution in [3.8, 4) is 5.75 Å². The molecule has 0 bridgehead atoms. The number of nitrogens with zero attached hydrogens (tertiary/aromatic N) is 3. The van der Waals surface area contributed by atoms with Crippen molar-refractivity contribution >= 4 is 44.2 Å². The highest BCUT2D eigenvalue weighted by atomic mass is 35.5. The number of aromatic nitrogens is 1. The summed E-state index contributed by atoms with van der Waals surface area (Å²) in [7, 11) is -3.97. The Hall–Kier alpha value is -2.78. The standard InChI is InChI=1S/C22H22ClN3O5S/c1-2-15-13-26(18-11-14(23)5-7-20(18)30-15)32(28,29)16-6-8-19-17(12-16)21(24-31-19)22(27)25-9-3-4-10-25/h5-8,11-12,15H,2-4,9-10,13H2,1H3/t15-/m0/s1. The van der Waals surface area contributed by atoms with E-state index < -0.39 is 10.0 Å². The van der Waals surface area contributed by atoms with Gasteiger partial charge in [-0.1, -0.05) is 23.7 Å². The lowest BCUT2D eigenvalue weighted by Gasteiger charge is -2.35. The predicted molar refractivity (Wildman–Crippen MR) is 120 cm³/mol. The molecule has 0 aliphatic carbocycles. The second-order valence-corrected chi connectivity index (χ2v) is 10.3. The molecule has 2 aliphatic rings. The number of benzene rings is 2. The van der Waals surface area contributed by atoms with Gasteiger partial charge in [-0.3, -0.25) is 9.10 Å². The van der Waals surface area contributed by atoms with Crippen LogP contribution in [0.2, 0.25) is 5.02 Å². The summed E-state index contributed by atoms with van der Waals surface area (Å²) in [5, 5.41) is 4.73. The first-order valence-electron chi connectivity index (χ1n) is 10.6. The summed E-state index contributed by atoms with van der Waals surface area (Å²) < 4.78 is 40.0. The van der Waals surface area contributed by atoms with Crippen LogP contribution in [0.3, 0.4) is 0 Å². The van der Waals surface area contributed by atoms with Crippen molar-refractivity contribution in [2.24, 2.45) is 0 Å². The number of anilines is 1. The number of carbonyl (C=O) groups is 1. The summed E-state index contributed by atoms with van der Waals surface area (Å²) in [6.07, 6.45) is 2.25. The van der Waals surface area contributed by atoms with E-state index in [-0.39, 0.29) is 29.1 Å². The van der Waals surface area contributed by atoms with Crippen LogP contribution in [0, 0.1) is 0 Å². The highest BCUT2D eigenvalue weighted by Gasteiger charge is 2.35. The Kier molecular flexibility index (Phi) is 5.25. The number of amides is 1. The van der Waals surface area contributed by atoms with Crippen LogP contribution in [0.5, 0.6) is 5.75 Å². The molecule has 1 fully saturated rings. The van der Waals surface area contributed by atoms with Gasteiger partial charge in [0.25, 0.3) is 15.9 Å². The van der Waals surface area contributed by atoms with E-state index in [0.29, 0.717) is 46.9 Å². The van der Waals surface area contributed by atoms with Crippen molar-refractivity contribution in [3.05, 3.63) is 47.1 Å². The molecule has 1 amide bonds. The maximum Gasteiger partial charge on any atom is 0.276 e. The van der Waals surface area contributed by atoms with Crippen LogP contribution >= 0.6 is 11.6 Å². The van der Waals surface area contributed by atoms with Gasteiger partial charge >= 0.3 is 0 Å². The molecule has 0 N–H and O–H groups in total. The van der Waals surface area contributed by atoms with Gasteiger partial charge in [0.2, 0.25) is 0 Å². The molecule has 8 nitrogen and oxygen atoms in total. The van der Waals surface area contributed by atoms with Gasteiger partial charge < -0.3 is 14.2 Å². The number of sulfonamides is 1. The smallest absolute Gasteiger partial charge is 0.276 e. The summed E-state index contributed by atoms with van der Waals surface area (Å²) in [5.41, 5.74) is 0.889. The molecule has 3 aromatic rings. The Morgan fingerprint density at radius 3 is 2.72 bits per heavy atom. The molecule has 5 rings (SSSR count). The summed E-state index contributed by atoms with van der Waals surface area (Å²) in [6.45, 7) is 3.42. The first-order chi connectivity index (χ1) is 15.4. The van der Waals surface area contributed by atoms with Crippen molar-refractivity contribution in [1.29, 1.82) is 0 Å². The Morgan fingerprint density at radius 2 is 1.97 bits per heavy atom. The van der Waals surface area contributed by atoms with E-state index in [1.165, 1.54) is 22.5 Å². The van der Waals surface area contributed by atoms with Gasteiger partial charge in [-0.2, -0.15) is 0 Å². The van der Waals surface area contributed by atoms with E-state index in [1.54, 1.807) is 23.1 Å². The SMILES string of the molecule is CC[C@H]1CN(S(=O)(=O)c2ccc3onc(C(=O)N4CCCC4)c3c2)c2cc(Cl)ccc2O1. The van der Waals surface area contributed by atoms with Crippen LogP contribution < -0.4 is 9.04 Å². The fraction of sp³-hybridized carbons (Fsp3) is 0.364. The van der Waals surface area contributed by atoms with Gasteiger partial charge in [-0.05, 0) is 55.7 Å². The maximum atomic E-state index is 13.7. The van der Waals surface area contributed by atoms with Crippen molar-refractivity contribution in [3.63, 3.8) is 0 Å². The summed E-state index contributed by atoms with van der Waals surface area (Å²) in [5.74, 6) is 0.220. The molecule has 2 aromatic carbocycles. The first-order valence-corrected chi connectivity index (χ1v) is 12.4. The van der Waals surface area contributed by atoms with Gasteiger partial charge in [0, 0.05) is 18.1 Å². The number of likely N-dealkylation sites (tertiary alicyclic amines) is 1. The maximum absolute atomic E-state index is 13.7. The minimum Gasteiger partial charge on any atom is -0.486 e. The summed E-state index contributed by atoms with van der Waals surface area (Å²) >= 11 is 6.15. The first kappa shape index (κ1) is 21.1. The average molecular weight is 476 g/mol. The third-order valence-corrected chi connectivity index (χ3v) is 7.94. The Labute approximate surface area is 190 Å². The Balaban J connectivity index is 1.58. The number of hydrogen-bond donors (Lipinski definition) is 0. The largest absolute Gasteiger partial charge is 0.486 e. The fourth-order valence-electron chi connectivity index (χ4n) is 4.15. The minimum atomic E-state index is -3.97. The predicted octanol–water partition coefficient (Wildman–Crippen LogP) is 4.08. The van der Waals surface area contributed by atoms with Gasteiger partial charge in [-0.15, -0.1) is 0 Å². The van der Waals surface area contributed by atoms with Crippen LogP contribution in [0.1, 0.15) is 36.7 Å². The zero-order valence-electron chi connectivity index (χ0n) is 17.5. The lowest BCUT2D eigenvalue weighted by Crippen LogP contribution is -2.43. The van der Waals surface area contributed by atoms with Crippen molar-refractivity contribution in [1.82, 2.24) is 10.1 Å². The van der Waals surface area contributed by atoms with Crippen LogP contribution in [0.25, 0.3) is 11.0 Å². The Morgan fingerprint density at radius 1 is 1.19 bits per heavy atom. The van der Waals surface area contributed by atoms with Gasteiger partial charge in [-0.25, -0.2) is 8.42 Å². The second-order valence-electron chi connectivity index (χ2n) is 7.98. The number of carbonyl (C=O) groups excluding carboxylic acids is 1. The second kappa shape index (κ2) is 7.97. The summed E-state index contributed by atoms with van der Waals surface area (Å²) in [4.78, 5) is 14.6. The average Bonchev–Trinajstić information content (AvgIpc) is 3.47. The molecule has 0 spiro atoms. The van der Waals surface area contributed by atoms with E-state index in [9.17, 15) is 13.2 Å². The topological polar surface area (TPSA) is 93.0 Å². The lowest BCUT2D eigenvalue weighted by molar-refractivity contribution is 0.0784. The number of halogens is 1. The van der Waals surface area contributed by atoms with Crippen molar-refractivity contribution < 1.29 is 22.5 Å². The van der Waals surface area contributed by atoms with Crippen LogP contribution in [0.4, 0.5) is 5.69 Å². The van der Waals surface area contributed by atoms with Crippen molar-refractivity contribution in [2.45, 2.75) is 37.2 Å². The molecule has 0 unspecified atom stereocenters. The zero-order chi connectivity index (χ0) is 22.5. The molecule has 2 aliphatic heterocycles.